The van der Waals surface area contributed by atoms with Gasteiger partial charge in [0.05, 0.1) is 41.5 Å². The van der Waals surface area contributed by atoms with Gasteiger partial charge in [-0.05, 0) is 30.7 Å². The van der Waals surface area contributed by atoms with Crippen molar-refractivity contribution in [3.63, 3.8) is 0 Å². The average Bonchev–Trinajstić information content (AvgIpc) is 3.23. The van der Waals surface area contributed by atoms with Gasteiger partial charge in [-0.3, -0.25) is 0 Å². The van der Waals surface area contributed by atoms with Gasteiger partial charge >= 0.3 is 12.1 Å². The molecule has 2 heterocycles. The molecule has 0 aliphatic heterocycles. The highest BCUT2D eigenvalue weighted by Gasteiger charge is 2.32. The van der Waals surface area contributed by atoms with E-state index in [9.17, 15) is 23.2 Å². The van der Waals surface area contributed by atoms with E-state index in [2.05, 4.69) is 5.10 Å². The fourth-order valence-corrected chi connectivity index (χ4v) is 2.74. The summed E-state index contributed by atoms with van der Waals surface area (Å²) in [6, 6.07) is 4.81. The molecule has 2 N–H and O–H groups in total. The second kappa shape index (κ2) is 6.77. The number of rotatable bonds is 3. The predicted molar refractivity (Wildman–Crippen MR) is 93.1 cm³/mol. The fourth-order valence-electron chi connectivity index (χ4n) is 2.74. The van der Waals surface area contributed by atoms with Gasteiger partial charge in [-0.25, -0.2) is 9.48 Å². The summed E-state index contributed by atoms with van der Waals surface area (Å²) in [5.74, 6) is -0.890. The molecule has 3 rings (SSSR count). The monoisotopic (exact) mass is 389 g/mol. The maximum Gasteiger partial charge on any atom is 0.416 e. The minimum Gasteiger partial charge on any atom is -0.464 e. The minimum atomic E-state index is -4.62. The van der Waals surface area contributed by atoms with Gasteiger partial charge in [-0.2, -0.15) is 23.5 Å². The summed E-state index contributed by atoms with van der Waals surface area (Å²) in [7, 11) is 1.11. The molecule has 0 saturated heterocycles. The third kappa shape index (κ3) is 3.18. The SMILES string of the molecule is COC(=O)c1c(N)c(C#N)cn1-c1cc(C(F)(F)F)ccc1-n1cc(C)cn1. The normalized spacial score (nSPS) is 11.3. The van der Waals surface area contributed by atoms with Crippen LogP contribution in [0, 0.1) is 18.3 Å². The third-order valence-electron chi connectivity index (χ3n) is 4.06. The Hall–Kier alpha value is -3.74. The molecule has 0 aliphatic carbocycles. The van der Waals surface area contributed by atoms with E-state index >= 15 is 0 Å². The van der Waals surface area contributed by atoms with E-state index < -0.39 is 17.7 Å². The number of halogens is 3. The lowest BCUT2D eigenvalue weighted by molar-refractivity contribution is -0.137. The van der Waals surface area contributed by atoms with E-state index in [1.54, 1.807) is 13.1 Å². The number of aryl methyl sites for hydroxylation is 1. The molecule has 28 heavy (non-hydrogen) atoms. The molecule has 0 aliphatic rings. The first kappa shape index (κ1) is 19.0. The van der Waals surface area contributed by atoms with E-state index in [1.165, 1.54) is 23.1 Å². The maximum absolute atomic E-state index is 13.3. The van der Waals surface area contributed by atoms with Gasteiger partial charge in [0.1, 0.15) is 6.07 Å². The quantitative estimate of drug-likeness (QED) is 0.694. The molecular weight excluding hydrogens is 375 g/mol. The fraction of sp³-hybridized carbons (Fsp3) is 0.167. The lowest BCUT2D eigenvalue weighted by atomic mass is 10.1. The number of ether oxygens (including phenoxy) is 1. The highest BCUT2D eigenvalue weighted by atomic mass is 19.4. The van der Waals surface area contributed by atoms with Crippen molar-refractivity contribution >= 4 is 11.7 Å². The number of aromatic nitrogens is 3. The van der Waals surface area contributed by atoms with Crippen LogP contribution in [0.5, 0.6) is 0 Å². The van der Waals surface area contributed by atoms with Crippen molar-refractivity contribution in [1.82, 2.24) is 14.3 Å². The Balaban J connectivity index is 2.37. The van der Waals surface area contributed by atoms with E-state index in [-0.39, 0.29) is 28.3 Å². The second-order valence-electron chi connectivity index (χ2n) is 5.94. The zero-order valence-corrected chi connectivity index (χ0v) is 14.8. The molecule has 0 amide bonds. The minimum absolute atomic E-state index is 0.0356. The highest BCUT2D eigenvalue weighted by Crippen LogP contribution is 2.34. The van der Waals surface area contributed by atoms with Crippen LogP contribution in [-0.4, -0.2) is 27.4 Å². The number of methoxy groups -OCH3 is 1. The van der Waals surface area contributed by atoms with Gasteiger partial charge in [-0.15, -0.1) is 0 Å². The topological polar surface area (TPSA) is 98.9 Å². The second-order valence-corrected chi connectivity index (χ2v) is 5.94. The molecule has 7 nitrogen and oxygen atoms in total. The smallest absolute Gasteiger partial charge is 0.416 e. The summed E-state index contributed by atoms with van der Waals surface area (Å²) >= 11 is 0. The molecule has 0 bridgehead atoms. The highest BCUT2D eigenvalue weighted by molar-refractivity contribution is 5.96. The summed E-state index contributed by atoms with van der Waals surface area (Å²) in [4.78, 5) is 12.2. The maximum atomic E-state index is 13.3. The average molecular weight is 389 g/mol. The number of hydrogen-bond acceptors (Lipinski definition) is 5. The Bertz CT molecular complexity index is 1110. The van der Waals surface area contributed by atoms with E-state index in [1.807, 2.05) is 6.07 Å². The number of nitrogen functional groups attached to an aromatic ring is 1. The van der Waals surface area contributed by atoms with Crippen LogP contribution in [0.3, 0.4) is 0 Å². The molecular formula is C18H14F3N5O2. The largest absolute Gasteiger partial charge is 0.464 e. The van der Waals surface area contributed by atoms with E-state index in [0.717, 1.165) is 29.4 Å². The molecule has 2 aromatic heterocycles. The Morgan fingerprint density at radius 2 is 2.00 bits per heavy atom. The number of anilines is 1. The first-order chi connectivity index (χ1) is 13.2. The van der Waals surface area contributed by atoms with Crippen LogP contribution in [0.1, 0.15) is 27.2 Å². The van der Waals surface area contributed by atoms with E-state index in [0.29, 0.717) is 0 Å². The van der Waals surface area contributed by atoms with Gasteiger partial charge < -0.3 is 15.0 Å². The summed E-state index contributed by atoms with van der Waals surface area (Å²) in [5.41, 5.74) is 5.42. The number of nitriles is 1. The lowest BCUT2D eigenvalue weighted by Crippen LogP contribution is -2.14. The Kier molecular flexibility index (Phi) is 4.60. The van der Waals surface area contributed by atoms with Crippen molar-refractivity contribution < 1.29 is 22.7 Å². The van der Waals surface area contributed by atoms with Crippen molar-refractivity contribution in [3.8, 4) is 17.4 Å². The van der Waals surface area contributed by atoms with Crippen molar-refractivity contribution in [2.75, 3.05) is 12.8 Å². The summed E-state index contributed by atoms with van der Waals surface area (Å²) < 4.78 is 47.1. The first-order valence-electron chi connectivity index (χ1n) is 7.90. The van der Waals surface area contributed by atoms with Crippen molar-refractivity contribution in [1.29, 1.82) is 5.26 Å². The van der Waals surface area contributed by atoms with Crippen LogP contribution in [0.15, 0.2) is 36.8 Å². The molecule has 3 aromatic rings. The zero-order valence-electron chi connectivity index (χ0n) is 14.8. The molecule has 1 aromatic carbocycles. The number of nitrogens with two attached hydrogens (primary N) is 1. The molecule has 0 fully saturated rings. The number of benzene rings is 1. The van der Waals surface area contributed by atoms with Crippen molar-refractivity contribution in [3.05, 3.63) is 59.2 Å². The molecule has 0 unspecified atom stereocenters. The van der Waals surface area contributed by atoms with Crippen LogP contribution in [0.4, 0.5) is 18.9 Å². The van der Waals surface area contributed by atoms with Gasteiger partial charge in [-0.1, -0.05) is 0 Å². The number of nitrogens with zero attached hydrogens (tertiary/aromatic N) is 4. The molecule has 0 saturated carbocycles. The Labute approximate surface area is 157 Å². The number of carbonyl (C=O) groups excluding carboxylic acids is 1. The molecule has 144 valence electrons. The van der Waals surface area contributed by atoms with Crippen molar-refractivity contribution in [2.45, 2.75) is 13.1 Å². The van der Waals surface area contributed by atoms with Crippen molar-refractivity contribution in [2.24, 2.45) is 0 Å². The summed E-state index contributed by atoms with van der Waals surface area (Å²) in [5, 5.41) is 13.4. The zero-order chi connectivity index (χ0) is 20.6. The molecule has 0 spiro atoms. The van der Waals surface area contributed by atoms with Gasteiger partial charge in [0.15, 0.2) is 5.69 Å². The number of esters is 1. The van der Waals surface area contributed by atoms with Gasteiger partial charge in [0.2, 0.25) is 0 Å². The van der Waals surface area contributed by atoms with Crippen LogP contribution < -0.4 is 5.73 Å². The lowest BCUT2D eigenvalue weighted by Gasteiger charge is -2.16. The van der Waals surface area contributed by atoms with E-state index in [4.69, 9.17) is 10.5 Å². The standard InChI is InChI=1S/C18H14F3N5O2/c1-10-7-24-26(8-10)13-4-3-12(18(19,20)21)5-14(13)25-9-11(6-22)15(23)16(25)17(27)28-2/h3-5,7-9H,23H2,1-2H3. The Morgan fingerprint density at radius 1 is 1.29 bits per heavy atom. The number of alkyl halides is 3. The molecule has 0 atom stereocenters. The predicted octanol–water partition coefficient (Wildman–Crippen LogP) is 3.23. The molecule has 10 heteroatoms. The van der Waals surface area contributed by atoms with Crippen LogP contribution in [0.25, 0.3) is 11.4 Å². The summed E-state index contributed by atoms with van der Waals surface area (Å²) in [6.07, 6.45) is -0.276. The van der Waals surface area contributed by atoms with Crippen LogP contribution in [-0.2, 0) is 10.9 Å². The summed E-state index contributed by atoms with van der Waals surface area (Å²) in [6.45, 7) is 1.77. The Morgan fingerprint density at radius 3 is 2.54 bits per heavy atom. The third-order valence-corrected chi connectivity index (χ3v) is 4.06. The number of hydrogen-bond donors (Lipinski definition) is 1. The van der Waals surface area contributed by atoms with Crippen LogP contribution >= 0.6 is 0 Å². The van der Waals surface area contributed by atoms with Gasteiger partial charge in [0, 0.05) is 12.4 Å². The van der Waals surface area contributed by atoms with Crippen LogP contribution in [0.2, 0.25) is 0 Å². The molecule has 0 radical (unpaired) electrons. The first-order valence-corrected chi connectivity index (χ1v) is 7.90. The number of carbonyl (C=O) groups is 1. The van der Waals surface area contributed by atoms with Gasteiger partial charge in [0.25, 0.3) is 0 Å².